The van der Waals surface area contributed by atoms with E-state index in [1.807, 2.05) is 13.8 Å². The fourth-order valence-electron chi connectivity index (χ4n) is 1.42. The van der Waals surface area contributed by atoms with E-state index < -0.39 is 15.6 Å². The fourth-order valence-corrected chi connectivity index (χ4v) is 2.49. The standard InChI is InChI=1S/C9H18N2O3S/c1-9(2)5-6-11(7-8(9)12)15(13,14)10(3)4/h5-7H2,1-4H3. The number of carbonyl (C=O) groups is 1. The Kier molecular flexibility index (Phi) is 3.23. The molecule has 0 aromatic carbocycles. The Balaban J connectivity index is 2.84. The minimum atomic E-state index is -3.44. The van der Waals surface area contributed by atoms with E-state index in [4.69, 9.17) is 0 Å². The Morgan fingerprint density at radius 3 is 2.27 bits per heavy atom. The van der Waals surface area contributed by atoms with Gasteiger partial charge in [-0.2, -0.15) is 17.0 Å². The van der Waals surface area contributed by atoms with Gasteiger partial charge >= 0.3 is 0 Å². The monoisotopic (exact) mass is 234 g/mol. The summed E-state index contributed by atoms with van der Waals surface area (Å²) in [4.78, 5) is 11.7. The molecule has 1 aliphatic heterocycles. The van der Waals surface area contributed by atoms with Crippen molar-refractivity contribution < 1.29 is 13.2 Å². The summed E-state index contributed by atoms with van der Waals surface area (Å²) in [6.45, 7) is 4.12. The van der Waals surface area contributed by atoms with E-state index >= 15 is 0 Å². The van der Waals surface area contributed by atoms with E-state index in [0.29, 0.717) is 13.0 Å². The number of ketones is 1. The molecule has 6 heteroatoms. The van der Waals surface area contributed by atoms with Gasteiger partial charge in [-0.3, -0.25) is 4.79 Å². The molecule has 0 amide bonds. The normalized spacial score (nSPS) is 23.4. The molecular weight excluding hydrogens is 216 g/mol. The first-order valence-electron chi connectivity index (χ1n) is 4.89. The summed E-state index contributed by atoms with van der Waals surface area (Å²) < 4.78 is 25.9. The number of hydrogen-bond donors (Lipinski definition) is 0. The van der Waals surface area contributed by atoms with Gasteiger partial charge in [0.15, 0.2) is 5.78 Å². The van der Waals surface area contributed by atoms with Crippen LogP contribution < -0.4 is 0 Å². The van der Waals surface area contributed by atoms with Crippen molar-refractivity contribution in [1.29, 1.82) is 0 Å². The molecule has 0 N–H and O–H groups in total. The van der Waals surface area contributed by atoms with Crippen molar-refractivity contribution >= 4 is 16.0 Å². The highest BCUT2D eigenvalue weighted by Crippen LogP contribution is 2.28. The van der Waals surface area contributed by atoms with Crippen LogP contribution in [0.4, 0.5) is 0 Å². The average Bonchev–Trinajstić information content (AvgIpc) is 2.09. The second-order valence-corrected chi connectivity index (χ2v) is 6.82. The molecule has 5 nitrogen and oxygen atoms in total. The Labute approximate surface area is 91.2 Å². The van der Waals surface area contributed by atoms with E-state index in [-0.39, 0.29) is 12.3 Å². The van der Waals surface area contributed by atoms with E-state index in [1.54, 1.807) is 0 Å². The van der Waals surface area contributed by atoms with Crippen LogP contribution in [0, 0.1) is 5.41 Å². The molecule has 1 saturated heterocycles. The van der Waals surface area contributed by atoms with Gasteiger partial charge in [-0.1, -0.05) is 13.8 Å². The molecule has 0 spiro atoms. The number of hydrogen-bond acceptors (Lipinski definition) is 3. The lowest BCUT2D eigenvalue weighted by molar-refractivity contribution is -0.130. The van der Waals surface area contributed by atoms with Crippen LogP contribution >= 0.6 is 0 Å². The van der Waals surface area contributed by atoms with Gasteiger partial charge in [-0.05, 0) is 6.42 Å². The van der Waals surface area contributed by atoms with Crippen molar-refractivity contribution in [2.24, 2.45) is 5.41 Å². The molecule has 0 saturated carbocycles. The number of rotatable bonds is 2. The highest BCUT2D eigenvalue weighted by Gasteiger charge is 2.38. The Morgan fingerprint density at radius 2 is 1.87 bits per heavy atom. The highest BCUT2D eigenvalue weighted by atomic mass is 32.2. The molecule has 15 heavy (non-hydrogen) atoms. The quantitative estimate of drug-likeness (QED) is 0.680. The molecule has 0 aliphatic carbocycles. The van der Waals surface area contributed by atoms with E-state index in [2.05, 4.69) is 0 Å². The maximum Gasteiger partial charge on any atom is 0.281 e. The summed E-state index contributed by atoms with van der Waals surface area (Å²) in [6.07, 6.45) is 0.582. The molecule has 0 atom stereocenters. The first-order chi connectivity index (χ1) is 6.68. The SMILES string of the molecule is CN(C)S(=O)(=O)N1CCC(C)(C)C(=O)C1. The lowest BCUT2D eigenvalue weighted by Crippen LogP contribution is -2.50. The molecule has 1 rings (SSSR count). The predicted octanol–water partition coefficient (Wildman–Crippen LogP) is 0.0938. The summed E-state index contributed by atoms with van der Waals surface area (Å²) in [7, 11) is -0.494. The zero-order valence-electron chi connectivity index (χ0n) is 9.65. The van der Waals surface area contributed by atoms with Crippen molar-refractivity contribution in [3.63, 3.8) is 0 Å². The zero-order chi connectivity index (χ0) is 11.9. The van der Waals surface area contributed by atoms with Crippen LogP contribution in [0.5, 0.6) is 0 Å². The molecule has 1 heterocycles. The van der Waals surface area contributed by atoms with E-state index in [1.165, 1.54) is 18.4 Å². The number of carbonyl (C=O) groups excluding carboxylic acids is 1. The second kappa shape index (κ2) is 3.84. The molecule has 0 aromatic heterocycles. The van der Waals surface area contributed by atoms with E-state index in [0.717, 1.165) is 4.31 Å². The van der Waals surface area contributed by atoms with Gasteiger partial charge in [0, 0.05) is 26.1 Å². The van der Waals surface area contributed by atoms with Crippen LogP contribution in [0.15, 0.2) is 0 Å². The van der Waals surface area contributed by atoms with Crippen LogP contribution in [-0.2, 0) is 15.0 Å². The average molecular weight is 234 g/mol. The Morgan fingerprint density at radius 1 is 1.33 bits per heavy atom. The van der Waals surface area contributed by atoms with Crippen LogP contribution in [-0.4, -0.2) is 50.0 Å². The van der Waals surface area contributed by atoms with Crippen LogP contribution in [0.1, 0.15) is 20.3 Å². The van der Waals surface area contributed by atoms with Gasteiger partial charge in [0.1, 0.15) is 0 Å². The lowest BCUT2D eigenvalue weighted by Gasteiger charge is -2.35. The molecule has 0 radical (unpaired) electrons. The largest absolute Gasteiger partial charge is 0.298 e. The van der Waals surface area contributed by atoms with Crippen molar-refractivity contribution in [2.75, 3.05) is 27.2 Å². The Hall–Kier alpha value is -0.460. The first-order valence-corrected chi connectivity index (χ1v) is 6.28. The van der Waals surface area contributed by atoms with Gasteiger partial charge in [0.2, 0.25) is 0 Å². The second-order valence-electron chi connectivity index (χ2n) is 4.68. The smallest absolute Gasteiger partial charge is 0.281 e. The maximum absolute atomic E-state index is 11.7. The maximum atomic E-state index is 11.7. The zero-order valence-corrected chi connectivity index (χ0v) is 10.5. The van der Waals surface area contributed by atoms with Crippen LogP contribution in [0.25, 0.3) is 0 Å². The number of Topliss-reactive ketones (excluding diaryl/α,β-unsaturated/α-hetero) is 1. The number of piperidine rings is 1. The van der Waals surface area contributed by atoms with Gasteiger partial charge in [0.25, 0.3) is 10.2 Å². The van der Waals surface area contributed by atoms with E-state index in [9.17, 15) is 13.2 Å². The number of nitrogens with zero attached hydrogens (tertiary/aromatic N) is 2. The van der Waals surface area contributed by atoms with Crippen molar-refractivity contribution in [3.05, 3.63) is 0 Å². The minimum absolute atomic E-state index is 0.00644. The third-order valence-electron chi connectivity index (χ3n) is 2.85. The van der Waals surface area contributed by atoms with Gasteiger partial charge in [-0.15, -0.1) is 0 Å². The molecule has 0 unspecified atom stereocenters. The van der Waals surface area contributed by atoms with Crippen molar-refractivity contribution in [3.8, 4) is 0 Å². The predicted molar refractivity (Wildman–Crippen MR) is 57.6 cm³/mol. The van der Waals surface area contributed by atoms with Crippen LogP contribution in [0.2, 0.25) is 0 Å². The fraction of sp³-hybridized carbons (Fsp3) is 0.889. The molecule has 1 aliphatic rings. The van der Waals surface area contributed by atoms with Gasteiger partial charge < -0.3 is 0 Å². The first kappa shape index (κ1) is 12.6. The van der Waals surface area contributed by atoms with Crippen molar-refractivity contribution in [2.45, 2.75) is 20.3 Å². The van der Waals surface area contributed by atoms with Crippen LogP contribution in [0.3, 0.4) is 0 Å². The van der Waals surface area contributed by atoms with Gasteiger partial charge in [0.05, 0.1) is 6.54 Å². The molecule has 0 aromatic rings. The lowest BCUT2D eigenvalue weighted by atomic mass is 9.82. The van der Waals surface area contributed by atoms with Gasteiger partial charge in [-0.25, -0.2) is 0 Å². The summed E-state index contributed by atoms with van der Waals surface area (Å²) in [6, 6.07) is 0. The summed E-state index contributed by atoms with van der Waals surface area (Å²) in [5, 5.41) is 0. The van der Waals surface area contributed by atoms with Crippen molar-refractivity contribution in [1.82, 2.24) is 8.61 Å². The molecule has 88 valence electrons. The minimum Gasteiger partial charge on any atom is -0.298 e. The third kappa shape index (κ3) is 2.38. The molecule has 1 fully saturated rings. The molecular formula is C9H18N2O3S. The molecule has 0 bridgehead atoms. The summed E-state index contributed by atoms with van der Waals surface area (Å²) >= 11 is 0. The highest BCUT2D eigenvalue weighted by molar-refractivity contribution is 7.86. The summed E-state index contributed by atoms with van der Waals surface area (Å²) in [5.74, 6) is -0.0147. The Bertz CT molecular complexity index is 360. The third-order valence-corrected chi connectivity index (χ3v) is 4.74. The topological polar surface area (TPSA) is 57.7 Å². The summed E-state index contributed by atoms with van der Waals surface area (Å²) in [5.41, 5.74) is -0.391.